The number of hydrogen-bond donors (Lipinski definition) is 3. The van der Waals surface area contributed by atoms with Gasteiger partial charge in [0.1, 0.15) is 11.5 Å². The zero-order valence-electron chi connectivity index (χ0n) is 12.2. The van der Waals surface area contributed by atoms with E-state index >= 15 is 0 Å². The van der Waals surface area contributed by atoms with Crippen LogP contribution in [0.1, 0.15) is 10.5 Å². The molecule has 0 aliphatic carbocycles. The highest BCUT2D eigenvalue weighted by atomic mass is 16.1. The van der Waals surface area contributed by atoms with Gasteiger partial charge in [-0.1, -0.05) is 12.1 Å². The Labute approximate surface area is 132 Å². The SMILES string of the molecule is O=C(Nc1ccc(-c2nc3ccccc3[nH]2)cc1)c1ccc[nH]1. The van der Waals surface area contributed by atoms with Gasteiger partial charge in [-0.3, -0.25) is 4.79 Å². The summed E-state index contributed by atoms with van der Waals surface area (Å²) in [5, 5.41) is 2.85. The number of hydrogen-bond acceptors (Lipinski definition) is 2. The van der Waals surface area contributed by atoms with Crippen LogP contribution in [-0.2, 0) is 0 Å². The minimum absolute atomic E-state index is 0.161. The monoisotopic (exact) mass is 302 g/mol. The third kappa shape index (κ3) is 2.60. The Morgan fingerprint density at radius 3 is 2.52 bits per heavy atom. The summed E-state index contributed by atoms with van der Waals surface area (Å²) in [6.45, 7) is 0. The van der Waals surface area contributed by atoms with Crippen molar-refractivity contribution in [1.29, 1.82) is 0 Å². The van der Waals surface area contributed by atoms with E-state index in [0.29, 0.717) is 5.69 Å². The summed E-state index contributed by atoms with van der Waals surface area (Å²) in [6, 6.07) is 19.0. The highest BCUT2D eigenvalue weighted by Crippen LogP contribution is 2.22. The van der Waals surface area contributed by atoms with Crippen LogP contribution in [0, 0.1) is 0 Å². The largest absolute Gasteiger partial charge is 0.357 e. The Bertz CT molecular complexity index is 919. The first-order valence-corrected chi connectivity index (χ1v) is 7.29. The van der Waals surface area contributed by atoms with E-state index in [1.807, 2.05) is 48.5 Å². The van der Waals surface area contributed by atoms with Crippen LogP contribution in [0.4, 0.5) is 5.69 Å². The lowest BCUT2D eigenvalue weighted by Gasteiger charge is -2.04. The van der Waals surface area contributed by atoms with Crippen LogP contribution in [-0.4, -0.2) is 20.9 Å². The highest BCUT2D eigenvalue weighted by Gasteiger charge is 2.08. The van der Waals surface area contributed by atoms with Gasteiger partial charge < -0.3 is 15.3 Å². The van der Waals surface area contributed by atoms with Crippen LogP contribution in [0.2, 0.25) is 0 Å². The lowest BCUT2D eigenvalue weighted by Crippen LogP contribution is -2.11. The fourth-order valence-corrected chi connectivity index (χ4v) is 2.47. The summed E-state index contributed by atoms with van der Waals surface area (Å²) in [7, 11) is 0. The van der Waals surface area contributed by atoms with Crippen molar-refractivity contribution in [3.05, 3.63) is 72.6 Å². The molecule has 23 heavy (non-hydrogen) atoms. The molecule has 0 radical (unpaired) electrons. The molecule has 2 aromatic heterocycles. The van der Waals surface area contributed by atoms with Crippen molar-refractivity contribution in [2.24, 2.45) is 0 Å². The predicted molar refractivity (Wildman–Crippen MR) is 90.3 cm³/mol. The molecule has 2 aromatic carbocycles. The molecule has 4 aromatic rings. The van der Waals surface area contributed by atoms with Crippen molar-refractivity contribution in [3.63, 3.8) is 0 Å². The molecular formula is C18H14N4O. The Morgan fingerprint density at radius 2 is 1.78 bits per heavy atom. The Kier molecular flexibility index (Phi) is 3.16. The van der Waals surface area contributed by atoms with Crippen molar-refractivity contribution in [2.75, 3.05) is 5.32 Å². The van der Waals surface area contributed by atoms with Gasteiger partial charge in [0.05, 0.1) is 11.0 Å². The molecule has 1 amide bonds. The summed E-state index contributed by atoms with van der Waals surface area (Å²) in [5.41, 5.74) is 4.19. The number of aromatic nitrogens is 3. The quantitative estimate of drug-likeness (QED) is 0.538. The topological polar surface area (TPSA) is 73.6 Å². The number of para-hydroxylation sites is 2. The molecule has 0 atom stereocenters. The van der Waals surface area contributed by atoms with E-state index in [9.17, 15) is 4.79 Å². The van der Waals surface area contributed by atoms with E-state index in [0.717, 1.165) is 28.1 Å². The number of carbonyl (C=O) groups excluding carboxylic acids is 1. The first-order valence-electron chi connectivity index (χ1n) is 7.29. The maximum absolute atomic E-state index is 12.0. The number of imidazole rings is 1. The molecule has 0 aliphatic rings. The summed E-state index contributed by atoms with van der Waals surface area (Å²) in [4.78, 5) is 22.7. The summed E-state index contributed by atoms with van der Waals surface area (Å²) >= 11 is 0. The van der Waals surface area contributed by atoms with E-state index in [4.69, 9.17) is 0 Å². The maximum Gasteiger partial charge on any atom is 0.272 e. The number of amides is 1. The van der Waals surface area contributed by atoms with Crippen LogP contribution in [0.25, 0.3) is 22.4 Å². The average Bonchev–Trinajstić information content (AvgIpc) is 3.25. The fourth-order valence-electron chi connectivity index (χ4n) is 2.47. The van der Waals surface area contributed by atoms with Gasteiger partial charge in [0.2, 0.25) is 0 Å². The molecule has 0 saturated carbocycles. The van der Waals surface area contributed by atoms with E-state index in [1.54, 1.807) is 18.3 Å². The summed E-state index contributed by atoms with van der Waals surface area (Å²) < 4.78 is 0. The highest BCUT2D eigenvalue weighted by molar-refractivity contribution is 6.03. The van der Waals surface area contributed by atoms with Crippen LogP contribution >= 0.6 is 0 Å². The molecule has 0 fully saturated rings. The minimum atomic E-state index is -0.161. The van der Waals surface area contributed by atoms with Gasteiger partial charge in [-0.2, -0.15) is 0 Å². The van der Waals surface area contributed by atoms with Crippen LogP contribution < -0.4 is 5.32 Å². The summed E-state index contributed by atoms with van der Waals surface area (Å²) in [5.74, 6) is 0.653. The molecule has 5 heteroatoms. The minimum Gasteiger partial charge on any atom is -0.357 e. The van der Waals surface area contributed by atoms with E-state index in [1.165, 1.54) is 0 Å². The first kappa shape index (κ1) is 13.3. The molecule has 2 heterocycles. The second kappa shape index (κ2) is 5.46. The molecule has 112 valence electrons. The van der Waals surface area contributed by atoms with Gasteiger partial charge in [0.25, 0.3) is 5.91 Å². The Balaban J connectivity index is 1.57. The van der Waals surface area contributed by atoms with Crippen molar-refractivity contribution in [1.82, 2.24) is 15.0 Å². The van der Waals surface area contributed by atoms with Crippen molar-refractivity contribution in [2.45, 2.75) is 0 Å². The number of benzene rings is 2. The number of nitrogens with one attached hydrogen (secondary N) is 3. The maximum atomic E-state index is 12.0. The molecule has 0 aliphatic heterocycles. The molecule has 4 rings (SSSR count). The van der Waals surface area contributed by atoms with Crippen molar-refractivity contribution < 1.29 is 4.79 Å². The summed E-state index contributed by atoms with van der Waals surface area (Å²) in [6.07, 6.45) is 1.72. The van der Waals surface area contributed by atoms with E-state index < -0.39 is 0 Å². The lowest BCUT2D eigenvalue weighted by molar-refractivity contribution is 0.102. The normalized spacial score (nSPS) is 10.8. The van der Waals surface area contributed by atoms with Gasteiger partial charge in [0, 0.05) is 17.4 Å². The standard InChI is InChI=1S/C18H14N4O/c23-18(16-6-3-11-19-16)20-13-9-7-12(8-10-13)17-21-14-4-1-2-5-15(14)22-17/h1-11,19H,(H,20,23)(H,21,22). The molecule has 0 saturated heterocycles. The van der Waals surface area contributed by atoms with Gasteiger partial charge in [-0.05, 0) is 48.5 Å². The van der Waals surface area contributed by atoms with Crippen molar-refractivity contribution in [3.8, 4) is 11.4 Å². The number of H-pyrrole nitrogens is 2. The van der Waals surface area contributed by atoms with E-state index in [2.05, 4.69) is 20.3 Å². The second-order valence-electron chi connectivity index (χ2n) is 5.22. The van der Waals surface area contributed by atoms with Crippen LogP contribution in [0.5, 0.6) is 0 Å². The van der Waals surface area contributed by atoms with Crippen molar-refractivity contribution >= 4 is 22.6 Å². The number of aromatic amines is 2. The zero-order chi connectivity index (χ0) is 15.6. The number of rotatable bonds is 3. The smallest absolute Gasteiger partial charge is 0.272 e. The fraction of sp³-hybridized carbons (Fsp3) is 0. The molecule has 3 N–H and O–H groups in total. The van der Waals surface area contributed by atoms with Gasteiger partial charge >= 0.3 is 0 Å². The van der Waals surface area contributed by atoms with Crippen LogP contribution in [0.15, 0.2) is 66.9 Å². The first-order chi connectivity index (χ1) is 11.3. The third-order valence-electron chi connectivity index (χ3n) is 3.65. The number of nitrogens with zero attached hydrogens (tertiary/aromatic N) is 1. The number of anilines is 1. The van der Waals surface area contributed by atoms with Gasteiger partial charge in [-0.25, -0.2) is 4.98 Å². The van der Waals surface area contributed by atoms with Gasteiger partial charge in [0.15, 0.2) is 0 Å². The molecular weight excluding hydrogens is 288 g/mol. The Hall–Kier alpha value is -3.34. The third-order valence-corrected chi connectivity index (χ3v) is 3.65. The predicted octanol–water partition coefficient (Wildman–Crippen LogP) is 3.81. The molecule has 0 spiro atoms. The number of fused-ring (bicyclic) bond motifs is 1. The van der Waals surface area contributed by atoms with Gasteiger partial charge in [-0.15, -0.1) is 0 Å². The second-order valence-corrected chi connectivity index (χ2v) is 5.22. The van der Waals surface area contributed by atoms with E-state index in [-0.39, 0.29) is 5.91 Å². The Morgan fingerprint density at radius 1 is 0.957 bits per heavy atom. The zero-order valence-corrected chi connectivity index (χ0v) is 12.2. The molecule has 5 nitrogen and oxygen atoms in total. The van der Waals surface area contributed by atoms with Crippen LogP contribution in [0.3, 0.4) is 0 Å². The average molecular weight is 302 g/mol. The molecule has 0 unspecified atom stereocenters. The molecule has 0 bridgehead atoms. The lowest BCUT2D eigenvalue weighted by atomic mass is 10.2. The number of carbonyl (C=O) groups is 1.